The number of hydrogen-bond donors (Lipinski definition) is 15. The van der Waals surface area contributed by atoms with Gasteiger partial charge in [0.15, 0.2) is 17.0 Å². The molecule has 2 unspecified atom stereocenters. The minimum Gasteiger partial charge on any atom is -0.455 e. The van der Waals surface area contributed by atoms with E-state index in [2.05, 4.69) is 52.8 Å². The molecule has 776 valence electrons. The van der Waals surface area contributed by atoms with Gasteiger partial charge in [0, 0.05) is 105 Å². The number of aliphatic hydroxyl groups is 4. The number of Topliss-reactive ketones (excluding diaryl/α,β-unsaturated/α-hetero) is 1. The molecule has 1 aromatic heterocycles. The quantitative estimate of drug-likeness (QED) is 0.00673. The van der Waals surface area contributed by atoms with Crippen molar-refractivity contribution in [3.05, 3.63) is 191 Å². The number of hydrogen-bond acceptors (Lipinski definition) is 32. The number of unbranched alkanes of at least 4 members (excludes halogenated alkanes) is 2. The number of aromatic nitrogens is 1. The maximum absolute atomic E-state index is 16.2. The number of esters is 3. The van der Waals surface area contributed by atoms with Crippen LogP contribution in [0.2, 0.25) is 0 Å². The van der Waals surface area contributed by atoms with Gasteiger partial charge in [0.05, 0.1) is 54.5 Å². The van der Waals surface area contributed by atoms with E-state index in [4.69, 9.17) is 48.4 Å². The molecule has 3 aliphatic carbocycles. The molecule has 5 aliphatic rings. The highest BCUT2D eigenvalue weighted by atomic mass is 33.1. The molecule has 6 aromatic rings. The van der Waals surface area contributed by atoms with Gasteiger partial charge in [-0.15, -0.1) is 0 Å². The predicted molar refractivity (Wildman–Crippen MR) is 534 cm³/mol. The van der Waals surface area contributed by atoms with Crippen LogP contribution >= 0.6 is 43.2 Å². The summed E-state index contributed by atoms with van der Waals surface area (Å²) in [5.41, 5.74) is -0.308. The molecule has 38 nitrogen and oxygen atoms in total. The zero-order valence-electron chi connectivity index (χ0n) is 81.9. The normalized spacial score (nSPS) is 26.2. The average molecular weight is 2060 g/mol. The van der Waals surface area contributed by atoms with Gasteiger partial charge in [0.2, 0.25) is 53.4 Å². The van der Waals surface area contributed by atoms with Crippen molar-refractivity contribution < 1.29 is 130 Å². The number of H-pyrrole nitrogens is 1. The lowest BCUT2D eigenvalue weighted by atomic mass is 9.45. The molecule has 4 fully saturated rings. The van der Waals surface area contributed by atoms with Crippen LogP contribution in [0.4, 0.5) is 9.59 Å². The smallest absolute Gasteiger partial charge is 0.455 e. The number of aliphatic hydroxyl groups excluding tert-OH is 4. The van der Waals surface area contributed by atoms with Crippen LogP contribution < -0.4 is 53.6 Å². The third-order valence-electron chi connectivity index (χ3n) is 26.3. The first-order chi connectivity index (χ1) is 68.1. The minimum atomic E-state index is -2.44. The van der Waals surface area contributed by atoms with Gasteiger partial charge in [-0.05, 0) is 119 Å². The van der Waals surface area contributed by atoms with E-state index in [1.54, 1.807) is 164 Å². The molecular weight excluding hydrogens is 1930 g/mol. The molecule has 42 heteroatoms. The molecule has 0 spiro atoms. The van der Waals surface area contributed by atoms with Gasteiger partial charge in [0.25, 0.3) is 0 Å². The van der Waals surface area contributed by atoms with Gasteiger partial charge in [-0.3, -0.25) is 47.9 Å². The highest BCUT2D eigenvalue weighted by molar-refractivity contribution is 8.77. The molecule has 21 atom stereocenters. The van der Waals surface area contributed by atoms with Crippen molar-refractivity contribution >= 4 is 137 Å². The lowest BCUT2D eigenvalue weighted by Crippen LogP contribution is -2.82. The summed E-state index contributed by atoms with van der Waals surface area (Å²) in [7, 11) is 6.83. The number of methoxy groups -OCH3 is 2. The molecule has 3 heterocycles. The number of amides is 9. The number of alkyl carbamates (subject to hydrolysis) is 1. The van der Waals surface area contributed by atoms with Crippen molar-refractivity contribution in [2.24, 2.45) is 22.5 Å². The van der Waals surface area contributed by atoms with Crippen LogP contribution in [0, 0.1) is 16.7 Å². The monoisotopic (exact) mass is 2060 g/mol. The van der Waals surface area contributed by atoms with E-state index < -0.39 is 240 Å². The van der Waals surface area contributed by atoms with Crippen molar-refractivity contribution in [3.63, 3.8) is 0 Å². The van der Waals surface area contributed by atoms with Gasteiger partial charge < -0.3 is 122 Å². The zero-order valence-corrected chi connectivity index (χ0v) is 85.2. The largest absolute Gasteiger partial charge is 0.509 e. The third-order valence-corrected chi connectivity index (χ3v) is 31.1. The molecule has 0 radical (unpaired) electrons. The fraction of sp³-hybridized carbons (Fsp3) is 0.525. The van der Waals surface area contributed by atoms with Gasteiger partial charge in [-0.25, -0.2) is 19.2 Å². The molecule has 2 aliphatic heterocycles. The van der Waals surface area contributed by atoms with E-state index in [9.17, 15) is 54.0 Å². The van der Waals surface area contributed by atoms with Crippen LogP contribution in [0.5, 0.6) is 0 Å². The fourth-order valence-electron chi connectivity index (χ4n) is 19.3. The summed E-state index contributed by atoms with van der Waals surface area (Å²) in [5, 5.41) is 70.9. The zero-order chi connectivity index (χ0) is 104. The number of ketones is 1. The number of carbonyl (C=O) groups is 14. The molecule has 2 saturated carbocycles. The molecule has 11 rings (SSSR count). The van der Waals surface area contributed by atoms with Crippen molar-refractivity contribution in [2.75, 3.05) is 63.6 Å². The van der Waals surface area contributed by atoms with Gasteiger partial charge in [-0.1, -0.05) is 197 Å². The van der Waals surface area contributed by atoms with Crippen molar-refractivity contribution in [3.8, 4) is 0 Å². The molecule has 16 N–H and O–H groups in total. The summed E-state index contributed by atoms with van der Waals surface area (Å²) in [6.07, 6.45) is -13.3. The Hall–Kier alpha value is -11.2. The SMILES string of the molecule is CO[C@H]1C(=O)[C@@]2(C)C(C3(OC(=O)c4ccccc4)C[C@H](OC(=O)[C@H](OC(=O)OCCSSCCC(=O)N[C@H](Cc4ccccc4)C(=O)N[C@H]4CSSC[C@@H](C(=O)N[C@H](CO)[C@@H](C)O)NC(=O)[C@H]([C@@H](C)O)NC(=O)[C@H](CCCCCN)NC(=O)[C@@H](Cc5c[nH]c6ccccc56)NC(=O)[C@H](Cc5ccccc5)NC4=O)[C@@H](NC(=O)OC(C)(C)C)c4ccccc4)C(C)=C1C(C)(C)[C@@H]3O)[C@]1(OC(C)=O)CO[C@@H]1C[C@@H]2OC. The maximum atomic E-state index is 16.2. The second-order valence-electron chi connectivity index (χ2n) is 38.0. The number of ether oxygens (including phenoxy) is 9. The van der Waals surface area contributed by atoms with Crippen LogP contribution in [0.3, 0.4) is 0 Å². The van der Waals surface area contributed by atoms with E-state index in [0.29, 0.717) is 53.4 Å². The standard InChI is InChI=1S/C101H131N11O27S4/c1-56-74(50-100(138-91(126)63-36-24-16-25-37-63)93-99(10,83(118)81(132-12)78(56)98(8,9)94(100)128)75(131-11)49-76-101(93,55-134-76)137-59(4)116)135-92(127)82(80(62-34-22-15-23-35-62)112-95(129)139-97(5,6)7)136-96(130)133-43-45-141-140-44-41-77(117)104-68(46-60-30-18-13-19-31-60)85(120)109-72-53-142-143-54-73(89(124)108-71(52-113)57(2)114)110-90(125)79(58(3)115)111-84(119)67(40-26-17-29-42-102)105-87(122)70(48-64-51-103-66-39-28-27-38-65(64)66)107-86(121)69(106-88(72)123)47-61-32-20-14-21-33-61/h13-16,18-25,27-28,30-39,51,57-58,67-76,79-82,93-94,103,113-115,128H,17,26,29,40-50,52-55,102H2,1-12H3,(H,104,117)(H,105,122)(H,106,123)(H,107,121)(H,108,124)(H,109,120)(H,110,125)(H,111,119)(H,112,129)/t57-,58-,67+,68-,69+,70-,71-,72+,73+,74+,75+,76-,79+,80+,81-,82-,93?,94+,99+,100?,101+/m1/s1. The molecule has 5 aromatic carbocycles. The first-order valence-corrected chi connectivity index (χ1v) is 52.5. The topological polar surface area (TPSA) is 553 Å². The Kier molecular flexibility index (Phi) is 40.1. The highest BCUT2D eigenvalue weighted by Crippen LogP contribution is 2.66. The first kappa shape index (κ1) is 112. The Morgan fingerprint density at radius 3 is 1.92 bits per heavy atom. The first-order valence-electron chi connectivity index (χ1n) is 47.5. The third kappa shape index (κ3) is 28.1. The number of para-hydroxylation sites is 1. The summed E-state index contributed by atoms with van der Waals surface area (Å²) in [4.78, 5) is 212. The van der Waals surface area contributed by atoms with Crippen LogP contribution in [0.25, 0.3) is 10.9 Å². The highest BCUT2D eigenvalue weighted by Gasteiger charge is 2.80. The lowest BCUT2D eigenvalue weighted by molar-refractivity contribution is -0.356. The summed E-state index contributed by atoms with van der Waals surface area (Å²) in [5.74, 6) is -13.1. The number of aromatic amines is 1. The summed E-state index contributed by atoms with van der Waals surface area (Å²) < 4.78 is 56.1. The molecule has 2 bridgehead atoms. The van der Waals surface area contributed by atoms with Crippen molar-refractivity contribution in [2.45, 2.75) is 253 Å². The molecule has 143 heavy (non-hydrogen) atoms. The summed E-state index contributed by atoms with van der Waals surface area (Å²) >= 11 is 0. The summed E-state index contributed by atoms with van der Waals surface area (Å²) in [6.45, 7) is 13.6. The van der Waals surface area contributed by atoms with E-state index >= 15 is 33.6 Å². The van der Waals surface area contributed by atoms with E-state index in [1.807, 2.05) is 12.1 Å². The number of benzene rings is 5. The second kappa shape index (κ2) is 51.1. The Labute approximate surface area is 845 Å². The lowest BCUT2D eigenvalue weighted by Gasteiger charge is -2.68. The molecular formula is C101H131N11O27S4. The van der Waals surface area contributed by atoms with E-state index in [0.717, 1.165) is 39.3 Å². The Morgan fingerprint density at radius 2 is 1.30 bits per heavy atom. The number of rotatable bonds is 37. The predicted octanol–water partition coefficient (Wildman–Crippen LogP) is 6.26. The van der Waals surface area contributed by atoms with Crippen LogP contribution in [-0.2, 0) is 115 Å². The second-order valence-corrected chi connectivity index (χ2v) is 43.2. The molecule has 9 amide bonds. The van der Waals surface area contributed by atoms with Crippen LogP contribution in [0.1, 0.15) is 153 Å². The minimum absolute atomic E-state index is 0.00713. The van der Waals surface area contributed by atoms with Crippen molar-refractivity contribution in [1.82, 2.24) is 52.8 Å². The van der Waals surface area contributed by atoms with Gasteiger partial charge in [-0.2, -0.15) is 0 Å². The van der Waals surface area contributed by atoms with Gasteiger partial charge in [0.1, 0.15) is 85.0 Å². The molecule has 2 saturated heterocycles. The Bertz CT molecular complexity index is 5470. The number of fused-ring (bicyclic) bond motifs is 8. The number of nitrogens with two attached hydrogens (primary N) is 1. The van der Waals surface area contributed by atoms with Crippen LogP contribution in [-0.4, -0.2) is 286 Å². The van der Waals surface area contributed by atoms with Crippen LogP contribution in [0.15, 0.2) is 163 Å². The maximum Gasteiger partial charge on any atom is 0.509 e. The fourth-order valence-corrected chi connectivity index (χ4v) is 23.4. The summed E-state index contributed by atoms with van der Waals surface area (Å²) in [6, 6.07) is 26.5. The van der Waals surface area contributed by atoms with E-state index in [1.165, 1.54) is 63.1 Å². The van der Waals surface area contributed by atoms with Gasteiger partial charge >= 0.3 is 30.2 Å². The van der Waals surface area contributed by atoms with Crippen molar-refractivity contribution in [1.29, 1.82) is 0 Å². The van der Waals surface area contributed by atoms with E-state index in [-0.39, 0.29) is 90.4 Å². The number of nitrogens with one attached hydrogen (secondary N) is 10. The Balaban J connectivity index is 0.840. The number of carbonyl (C=O) groups excluding carboxylic acids is 14. The Morgan fingerprint density at radius 1 is 0.685 bits per heavy atom. The average Bonchev–Trinajstić information content (AvgIpc) is 1.66.